The van der Waals surface area contributed by atoms with E-state index in [9.17, 15) is 8.42 Å². The summed E-state index contributed by atoms with van der Waals surface area (Å²) in [5.41, 5.74) is 1.97. The average Bonchev–Trinajstić information content (AvgIpc) is 2.53. The highest BCUT2D eigenvalue weighted by Crippen LogP contribution is 2.25. The Balaban J connectivity index is 1.67. The van der Waals surface area contributed by atoms with E-state index in [4.69, 9.17) is 8.92 Å². The van der Waals surface area contributed by atoms with Crippen molar-refractivity contribution in [1.82, 2.24) is 0 Å². The summed E-state index contributed by atoms with van der Waals surface area (Å²) in [6.07, 6.45) is 3.29. The second-order valence-electron chi connectivity index (χ2n) is 5.10. The second kappa shape index (κ2) is 5.94. The Bertz CT molecular complexity index is 792. The zero-order valence-corrected chi connectivity index (χ0v) is 12.9. The summed E-state index contributed by atoms with van der Waals surface area (Å²) in [7, 11) is -3.77. The number of benzene rings is 2. The number of fused-ring (bicyclic) bond motifs is 1. The summed E-state index contributed by atoms with van der Waals surface area (Å²) in [5, 5.41) is 0. The predicted molar refractivity (Wildman–Crippen MR) is 84.2 cm³/mol. The van der Waals surface area contributed by atoms with Gasteiger partial charge in [-0.15, -0.1) is 0 Å². The summed E-state index contributed by atoms with van der Waals surface area (Å²) >= 11 is 0. The normalized spacial score (nSPS) is 16.9. The molecular weight excluding hydrogens is 300 g/mol. The maximum Gasteiger partial charge on any atom is 0.297 e. The summed E-state index contributed by atoms with van der Waals surface area (Å²) in [4.78, 5) is 0.151. The van der Waals surface area contributed by atoms with Gasteiger partial charge in [-0.05, 0) is 31.2 Å². The third-order valence-electron chi connectivity index (χ3n) is 3.38. The third kappa shape index (κ3) is 3.21. The van der Waals surface area contributed by atoms with Gasteiger partial charge >= 0.3 is 0 Å². The Morgan fingerprint density at radius 2 is 1.82 bits per heavy atom. The first-order valence-corrected chi connectivity index (χ1v) is 8.35. The molecule has 2 aromatic carbocycles. The zero-order chi connectivity index (χ0) is 15.6. The molecule has 0 amide bonds. The lowest BCUT2D eigenvalue weighted by molar-refractivity contribution is 0.165. The number of para-hydroxylation sites is 1. The number of aryl methyl sites for hydroxylation is 1. The quantitative estimate of drug-likeness (QED) is 0.813. The van der Waals surface area contributed by atoms with Crippen LogP contribution in [0.15, 0.2) is 59.5 Å². The van der Waals surface area contributed by atoms with E-state index in [1.807, 2.05) is 37.3 Å². The highest BCUT2D eigenvalue weighted by molar-refractivity contribution is 7.86. The topological polar surface area (TPSA) is 52.6 Å². The number of rotatable bonds is 4. The van der Waals surface area contributed by atoms with Gasteiger partial charge < -0.3 is 4.74 Å². The number of hydrogen-bond acceptors (Lipinski definition) is 4. The smallest absolute Gasteiger partial charge is 0.297 e. The van der Waals surface area contributed by atoms with E-state index < -0.39 is 16.2 Å². The Morgan fingerprint density at radius 3 is 2.59 bits per heavy atom. The zero-order valence-electron chi connectivity index (χ0n) is 12.1. The van der Waals surface area contributed by atoms with Crippen LogP contribution in [-0.2, 0) is 14.3 Å². The van der Waals surface area contributed by atoms with E-state index in [0.717, 1.165) is 16.9 Å². The van der Waals surface area contributed by atoms with Gasteiger partial charge in [0.15, 0.2) is 0 Å². The van der Waals surface area contributed by atoms with Crippen molar-refractivity contribution in [3.63, 3.8) is 0 Å². The molecule has 114 valence electrons. The molecular formula is C17H16O4S. The predicted octanol–water partition coefficient (Wildman–Crippen LogP) is 3.17. The van der Waals surface area contributed by atoms with Crippen LogP contribution in [-0.4, -0.2) is 21.1 Å². The van der Waals surface area contributed by atoms with Crippen LogP contribution in [0.4, 0.5) is 0 Å². The first-order chi connectivity index (χ1) is 10.5. The van der Waals surface area contributed by atoms with E-state index in [0.29, 0.717) is 0 Å². The first kappa shape index (κ1) is 14.8. The minimum absolute atomic E-state index is 0.0545. The first-order valence-electron chi connectivity index (χ1n) is 6.94. The molecule has 5 heteroatoms. The maximum atomic E-state index is 12.1. The van der Waals surface area contributed by atoms with Crippen molar-refractivity contribution in [2.75, 3.05) is 6.61 Å². The molecule has 0 spiro atoms. The SMILES string of the molecule is Cc1ccc(S(=O)(=O)OCC2C=Cc3ccccc3O2)cc1. The van der Waals surface area contributed by atoms with Gasteiger partial charge in [0.1, 0.15) is 18.5 Å². The molecule has 22 heavy (non-hydrogen) atoms. The van der Waals surface area contributed by atoms with Gasteiger partial charge in [0.25, 0.3) is 10.1 Å². The monoisotopic (exact) mass is 316 g/mol. The summed E-state index contributed by atoms with van der Waals surface area (Å²) in [6, 6.07) is 14.1. The van der Waals surface area contributed by atoms with Crippen LogP contribution in [0.5, 0.6) is 5.75 Å². The van der Waals surface area contributed by atoms with E-state index in [2.05, 4.69) is 0 Å². The van der Waals surface area contributed by atoms with Crippen molar-refractivity contribution in [3.8, 4) is 5.75 Å². The molecule has 1 heterocycles. The molecule has 1 aliphatic rings. The summed E-state index contributed by atoms with van der Waals surface area (Å²) in [6.45, 7) is 1.84. The van der Waals surface area contributed by atoms with Crippen molar-refractivity contribution >= 4 is 16.2 Å². The van der Waals surface area contributed by atoms with Crippen molar-refractivity contribution < 1.29 is 17.3 Å². The molecule has 0 radical (unpaired) electrons. The lowest BCUT2D eigenvalue weighted by Gasteiger charge is -2.21. The van der Waals surface area contributed by atoms with Gasteiger partial charge in [0, 0.05) is 5.56 Å². The van der Waals surface area contributed by atoms with Crippen molar-refractivity contribution in [2.45, 2.75) is 17.9 Å². The summed E-state index contributed by atoms with van der Waals surface area (Å²) < 4.78 is 35.1. The Kier molecular flexibility index (Phi) is 4.00. The molecule has 0 aliphatic carbocycles. The highest BCUT2D eigenvalue weighted by Gasteiger charge is 2.20. The van der Waals surface area contributed by atoms with Crippen molar-refractivity contribution in [1.29, 1.82) is 0 Å². The molecule has 0 saturated heterocycles. The molecule has 2 aromatic rings. The molecule has 1 unspecified atom stereocenters. The molecule has 0 saturated carbocycles. The van der Waals surface area contributed by atoms with Crippen molar-refractivity contribution in [2.24, 2.45) is 0 Å². The van der Waals surface area contributed by atoms with E-state index in [-0.39, 0.29) is 11.5 Å². The Hall–Kier alpha value is -2.11. The summed E-state index contributed by atoms with van der Waals surface area (Å²) in [5.74, 6) is 0.728. The minimum atomic E-state index is -3.77. The van der Waals surface area contributed by atoms with E-state index in [1.54, 1.807) is 18.2 Å². The lowest BCUT2D eigenvalue weighted by Crippen LogP contribution is -2.25. The minimum Gasteiger partial charge on any atom is -0.483 e. The standard InChI is InChI=1S/C17H16O4S/c1-13-6-10-16(11-7-13)22(18,19)20-12-15-9-8-14-4-2-3-5-17(14)21-15/h2-11,15H,12H2,1H3. The molecule has 0 N–H and O–H groups in total. The molecule has 3 rings (SSSR count). The number of ether oxygens (including phenoxy) is 1. The fourth-order valence-electron chi connectivity index (χ4n) is 2.16. The van der Waals surface area contributed by atoms with Crippen LogP contribution in [0.3, 0.4) is 0 Å². The van der Waals surface area contributed by atoms with Gasteiger partial charge in [-0.25, -0.2) is 0 Å². The van der Waals surface area contributed by atoms with E-state index in [1.165, 1.54) is 12.1 Å². The van der Waals surface area contributed by atoms with Gasteiger partial charge in [0.05, 0.1) is 4.90 Å². The van der Waals surface area contributed by atoms with E-state index >= 15 is 0 Å². The average molecular weight is 316 g/mol. The third-order valence-corrected chi connectivity index (χ3v) is 4.68. The molecule has 1 aliphatic heterocycles. The second-order valence-corrected chi connectivity index (χ2v) is 6.72. The largest absolute Gasteiger partial charge is 0.483 e. The fourth-order valence-corrected chi connectivity index (χ4v) is 3.08. The van der Waals surface area contributed by atoms with Crippen LogP contribution in [0.1, 0.15) is 11.1 Å². The van der Waals surface area contributed by atoms with Crippen LogP contribution >= 0.6 is 0 Å². The van der Waals surface area contributed by atoms with Crippen LogP contribution < -0.4 is 4.74 Å². The number of hydrogen-bond donors (Lipinski definition) is 0. The van der Waals surface area contributed by atoms with Crippen LogP contribution in [0.2, 0.25) is 0 Å². The fraction of sp³-hybridized carbons (Fsp3) is 0.176. The lowest BCUT2D eigenvalue weighted by atomic mass is 10.1. The van der Waals surface area contributed by atoms with Gasteiger partial charge in [0.2, 0.25) is 0 Å². The maximum absolute atomic E-state index is 12.1. The Morgan fingerprint density at radius 1 is 1.09 bits per heavy atom. The molecule has 1 atom stereocenters. The molecule has 0 aromatic heterocycles. The molecule has 0 fully saturated rings. The Labute approximate surface area is 130 Å². The van der Waals surface area contributed by atoms with Gasteiger partial charge in [-0.2, -0.15) is 8.42 Å². The van der Waals surface area contributed by atoms with Gasteiger partial charge in [-0.1, -0.05) is 42.0 Å². The van der Waals surface area contributed by atoms with Crippen molar-refractivity contribution in [3.05, 3.63) is 65.7 Å². The van der Waals surface area contributed by atoms with Crippen LogP contribution in [0, 0.1) is 6.92 Å². The highest BCUT2D eigenvalue weighted by atomic mass is 32.2. The molecule has 4 nitrogen and oxygen atoms in total. The van der Waals surface area contributed by atoms with Crippen LogP contribution in [0.25, 0.3) is 6.08 Å². The molecule has 0 bridgehead atoms. The van der Waals surface area contributed by atoms with Gasteiger partial charge in [-0.3, -0.25) is 4.18 Å².